The van der Waals surface area contributed by atoms with Crippen LogP contribution >= 0.6 is 0 Å². The largest absolute Gasteiger partial charge is 0.493 e. The van der Waals surface area contributed by atoms with Crippen LogP contribution in [0.2, 0.25) is 0 Å². The number of methoxy groups -OCH3 is 2. The smallest absolute Gasteiger partial charge is 0.245 e. The Morgan fingerprint density at radius 2 is 1.97 bits per heavy atom. The number of carbonyl (C=O) groups excluding carboxylic acids is 1. The fraction of sp³-hybridized carbons (Fsp3) is 0.385. The van der Waals surface area contributed by atoms with E-state index in [-0.39, 0.29) is 12.5 Å². The molecule has 0 bridgehead atoms. The maximum Gasteiger partial charge on any atom is 0.245 e. The van der Waals surface area contributed by atoms with Crippen molar-refractivity contribution in [3.63, 3.8) is 0 Å². The van der Waals surface area contributed by atoms with Gasteiger partial charge in [0, 0.05) is 26.6 Å². The first kappa shape index (κ1) is 24.3. The topological polar surface area (TPSA) is 74.6 Å². The predicted octanol–water partition coefficient (Wildman–Crippen LogP) is 4.24. The molecule has 0 radical (unpaired) electrons. The van der Waals surface area contributed by atoms with Crippen molar-refractivity contribution >= 4 is 23.0 Å². The molecule has 0 spiro atoms. The third kappa shape index (κ3) is 6.83. The molecule has 0 saturated carbocycles. The van der Waals surface area contributed by atoms with Gasteiger partial charge in [-0.1, -0.05) is 30.4 Å². The van der Waals surface area contributed by atoms with E-state index >= 15 is 0 Å². The molecule has 1 heterocycles. The monoisotopic (exact) mass is 451 g/mol. The Hall–Kier alpha value is -3.32. The molecule has 1 N–H and O–H groups in total. The van der Waals surface area contributed by atoms with E-state index < -0.39 is 0 Å². The first-order chi connectivity index (χ1) is 16.2. The summed E-state index contributed by atoms with van der Waals surface area (Å²) in [4.78, 5) is 16.4. The molecule has 0 fully saturated rings. The zero-order chi connectivity index (χ0) is 23.5. The molecule has 0 saturated heterocycles. The van der Waals surface area contributed by atoms with E-state index in [0.717, 1.165) is 59.7 Å². The number of para-hydroxylation sites is 2. The third-order valence-corrected chi connectivity index (χ3v) is 5.24. The Balaban J connectivity index is 1.59. The second-order valence-corrected chi connectivity index (χ2v) is 7.67. The minimum absolute atomic E-state index is 0.0847. The number of aryl methyl sites for hydroxylation is 2. The zero-order valence-electron chi connectivity index (χ0n) is 19.7. The first-order valence-corrected chi connectivity index (χ1v) is 11.3. The van der Waals surface area contributed by atoms with Gasteiger partial charge in [-0.15, -0.1) is 0 Å². The van der Waals surface area contributed by atoms with Crippen LogP contribution in [0.1, 0.15) is 31.2 Å². The van der Waals surface area contributed by atoms with E-state index in [9.17, 15) is 4.79 Å². The van der Waals surface area contributed by atoms with E-state index in [1.165, 1.54) is 7.11 Å². The number of amides is 1. The highest BCUT2D eigenvalue weighted by Gasteiger charge is 2.11. The Morgan fingerprint density at radius 3 is 2.76 bits per heavy atom. The van der Waals surface area contributed by atoms with Crippen molar-refractivity contribution in [3.05, 3.63) is 59.9 Å². The van der Waals surface area contributed by atoms with Gasteiger partial charge in [0.05, 0.1) is 24.8 Å². The Kier molecular flexibility index (Phi) is 9.32. The number of nitrogens with one attached hydrogen (secondary N) is 1. The number of allylic oxidation sites excluding steroid dienone is 1. The Labute approximate surface area is 195 Å². The number of rotatable bonds is 13. The van der Waals surface area contributed by atoms with Crippen LogP contribution in [0, 0.1) is 0 Å². The molecule has 0 aliphatic rings. The number of nitrogens with zero attached hydrogens (tertiary/aromatic N) is 2. The molecule has 0 atom stereocenters. The molecule has 1 amide bonds. The molecule has 1 aromatic heterocycles. The maximum atomic E-state index is 11.6. The summed E-state index contributed by atoms with van der Waals surface area (Å²) >= 11 is 0. The number of benzene rings is 2. The molecule has 3 aromatic rings. The molecule has 7 heteroatoms. The molecule has 0 aliphatic carbocycles. The minimum Gasteiger partial charge on any atom is -0.493 e. The van der Waals surface area contributed by atoms with Gasteiger partial charge in [-0.05, 0) is 49.6 Å². The number of carbonyl (C=O) groups is 1. The number of fused-ring (bicyclic) bond motifs is 1. The van der Waals surface area contributed by atoms with Crippen molar-refractivity contribution in [2.45, 2.75) is 32.7 Å². The van der Waals surface area contributed by atoms with Gasteiger partial charge < -0.3 is 24.1 Å². The summed E-state index contributed by atoms with van der Waals surface area (Å²) in [6, 6.07) is 14.1. The highest BCUT2D eigenvalue weighted by molar-refractivity contribution is 5.77. The first-order valence-electron chi connectivity index (χ1n) is 11.3. The van der Waals surface area contributed by atoms with Crippen LogP contribution in [0.4, 0.5) is 0 Å². The van der Waals surface area contributed by atoms with Gasteiger partial charge in [-0.3, -0.25) is 4.79 Å². The number of hydrogen-bond acceptors (Lipinski definition) is 5. The van der Waals surface area contributed by atoms with Crippen molar-refractivity contribution in [1.82, 2.24) is 14.9 Å². The Bertz CT molecular complexity index is 1070. The van der Waals surface area contributed by atoms with Gasteiger partial charge in [0.15, 0.2) is 11.5 Å². The normalized spacial score (nSPS) is 11.2. The van der Waals surface area contributed by atoms with Gasteiger partial charge >= 0.3 is 0 Å². The van der Waals surface area contributed by atoms with E-state index in [0.29, 0.717) is 13.2 Å². The zero-order valence-corrected chi connectivity index (χ0v) is 19.7. The average Bonchev–Trinajstić information content (AvgIpc) is 3.18. The number of hydrogen-bond donors (Lipinski definition) is 1. The fourth-order valence-corrected chi connectivity index (χ4v) is 3.73. The van der Waals surface area contributed by atoms with Crippen LogP contribution in [0.25, 0.3) is 17.1 Å². The number of ether oxygens (including phenoxy) is 3. The quantitative estimate of drug-likeness (QED) is 0.394. The maximum absolute atomic E-state index is 11.6. The van der Waals surface area contributed by atoms with Crippen LogP contribution in [0.5, 0.6) is 11.5 Å². The highest BCUT2D eigenvalue weighted by Crippen LogP contribution is 2.29. The summed E-state index contributed by atoms with van der Waals surface area (Å²) in [6.45, 7) is 4.03. The van der Waals surface area contributed by atoms with Crippen molar-refractivity contribution in [1.29, 1.82) is 0 Å². The molecule has 176 valence electrons. The fourth-order valence-electron chi connectivity index (χ4n) is 3.73. The van der Waals surface area contributed by atoms with E-state index in [4.69, 9.17) is 19.2 Å². The SMILES string of the molecule is C/C=C/c1ccc(OCCCn2c(CCCNC(=O)COC)nc3ccccc32)c(OC)c1. The number of imidazole rings is 1. The summed E-state index contributed by atoms with van der Waals surface area (Å²) in [5, 5.41) is 2.86. The summed E-state index contributed by atoms with van der Waals surface area (Å²) < 4.78 is 18.6. The van der Waals surface area contributed by atoms with E-state index in [2.05, 4.69) is 16.0 Å². The van der Waals surface area contributed by atoms with Crippen LogP contribution in [-0.2, 0) is 22.5 Å². The molecule has 0 unspecified atom stereocenters. The average molecular weight is 452 g/mol. The van der Waals surface area contributed by atoms with Crippen molar-refractivity contribution in [2.75, 3.05) is 34.0 Å². The summed E-state index contributed by atoms with van der Waals surface area (Å²) in [5.41, 5.74) is 3.18. The van der Waals surface area contributed by atoms with Crippen LogP contribution < -0.4 is 14.8 Å². The lowest BCUT2D eigenvalue weighted by Gasteiger charge is -2.13. The summed E-state index contributed by atoms with van der Waals surface area (Å²) in [6.07, 6.45) is 6.45. The van der Waals surface area contributed by atoms with Crippen molar-refractivity contribution in [3.8, 4) is 11.5 Å². The van der Waals surface area contributed by atoms with Crippen molar-refractivity contribution in [2.24, 2.45) is 0 Å². The van der Waals surface area contributed by atoms with E-state index in [1.807, 2.05) is 55.5 Å². The molecule has 3 rings (SSSR count). The third-order valence-electron chi connectivity index (χ3n) is 5.24. The summed E-state index contributed by atoms with van der Waals surface area (Å²) in [5.74, 6) is 2.39. The van der Waals surface area contributed by atoms with Crippen molar-refractivity contribution < 1.29 is 19.0 Å². The van der Waals surface area contributed by atoms with E-state index in [1.54, 1.807) is 7.11 Å². The van der Waals surface area contributed by atoms with Gasteiger partial charge in [0.2, 0.25) is 5.91 Å². The molecule has 2 aromatic carbocycles. The van der Waals surface area contributed by atoms with Crippen LogP contribution in [0.3, 0.4) is 0 Å². The molecule has 33 heavy (non-hydrogen) atoms. The van der Waals surface area contributed by atoms with Crippen LogP contribution in [0.15, 0.2) is 48.5 Å². The molecule has 7 nitrogen and oxygen atoms in total. The second kappa shape index (κ2) is 12.6. The number of aromatic nitrogens is 2. The standard InChI is InChI=1S/C26H33N3O4/c1-4-9-20-13-14-23(24(18-20)32-3)33-17-8-16-29-22-11-6-5-10-21(22)28-25(29)12-7-15-27-26(30)19-31-2/h4-6,9-11,13-14,18H,7-8,12,15-17,19H2,1-3H3,(H,27,30)/b9-4+. The van der Waals surface area contributed by atoms with Gasteiger partial charge in [0.25, 0.3) is 0 Å². The lowest BCUT2D eigenvalue weighted by Crippen LogP contribution is -2.28. The minimum atomic E-state index is -0.0997. The van der Waals surface area contributed by atoms with Crippen LogP contribution in [-0.4, -0.2) is 49.4 Å². The Morgan fingerprint density at radius 1 is 1.12 bits per heavy atom. The predicted molar refractivity (Wildman–Crippen MR) is 131 cm³/mol. The molecule has 0 aliphatic heterocycles. The highest BCUT2D eigenvalue weighted by atomic mass is 16.5. The van der Waals surface area contributed by atoms with Gasteiger partial charge in [-0.25, -0.2) is 4.98 Å². The lowest BCUT2D eigenvalue weighted by molar-refractivity contribution is -0.124. The van der Waals surface area contributed by atoms with Gasteiger partial charge in [-0.2, -0.15) is 0 Å². The second-order valence-electron chi connectivity index (χ2n) is 7.67. The summed E-state index contributed by atoms with van der Waals surface area (Å²) in [7, 11) is 3.17. The molecular weight excluding hydrogens is 418 g/mol. The molecular formula is C26H33N3O4. The lowest BCUT2D eigenvalue weighted by atomic mass is 10.2. The van der Waals surface area contributed by atoms with Gasteiger partial charge in [0.1, 0.15) is 12.4 Å².